The molecular formula is C10H10N2O2. The molecule has 2 N–H and O–H groups in total. The van der Waals surface area contributed by atoms with E-state index in [2.05, 4.69) is 5.32 Å². The number of nitrogens with zero attached hydrogens (tertiary/aromatic N) is 1. The molecule has 0 saturated carbocycles. The summed E-state index contributed by atoms with van der Waals surface area (Å²) in [5.41, 5.74) is 1.41. The molecule has 0 aliphatic heterocycles. The van der Waals surface area contributed by atoms with Crippen LogP contribution in [0.25, 0.3) is 0 Å². The number of hydrogen-bond donors (Lipinski definition) is 2. The molecule has 72 valence electrons. The van der Waals surface area contributed by atoms with Gasteiger partial charge < -0.3 is 10.4 Å². The normalized spacial score (nSPS) is 11.4. The summed E-state index contributed by atoms with van der Waals surface area (Å²) in [6, 6.07) is 8.53. The van der Waals surface area contributed by atoms with Crippen molar-refractivity contribution in [2.45, 2.75) is 13.0 Å². The molecule has 0 spiro atoms. The second-order valence-corrected chi connectivity index (χ2v) is 2.90. The van der Waals surface area contributed by atoms with Crippen molar-refractivity contribution >= 4 is 6.09 Å². The van der Waals surface area contributed by atoms with Crippen molar-refractivity contribution in [3.05, 3.63) is 35.4 Å². The van der Waals surface area contributed by atoms with Gasteiger partial charge in [-0.3, -0.25) is 0 Å². The highest BCUT2D eigenvalue weighted by molar-refractivity contribution is 5.65. The maximum atomic E-state index is 10.3. The first kappa shape index (κ1) is 10.1. The van der Waals surface area contributed by atoms with Gasteiger partial charge in [0.2, 0.25) is 0 Å². The SMILES string of the molecule is CC(NC(=O)O)c1ccc(C#N)cc1. The zero-order valence-corrected chi connectivity index (χ0v) is 7.69. The van der Waals surface area contributed by atoms with Crippen LogP contribution in [0.3, 0.4) is 0 Å². The fourth-order valence-electron chi connectivity index (χ4n) is 1.11. The predicted octanol–water partition coefficient (Wildman–Crippen LogP) is 1.89. The highest BCUT2D eigenvalue weighted by atomic mass is 16.4. The van der Waals surface area contributed by atoms with Crippen LogP contribution in [0.15, 0.2) is 24.3 Å². The number of nitrogens with one attached hydrogen (secondary N) is 1. The van der Waals surface area contributed by atoms with Crippen LogP contribution in [0.1, 0.15) is 24.1 Å². The van der Waals surface area contributed by atoms with Crippen molar-refractivity contribution in [1.82, 2.24) is 5.32 Å². The number of hydrogen-bond acceptors (Lipinski definition) is 2. The lowest BCUT2D eigenvalue weighted by atomic mass is 10.1. The van der Waals surface area contributed by atoms with Crippen LogP contribution in [0.5, 0.6) is 0 Å². The van der Waals surface area contributed by atoms with Crippen molar-refractivity contribution < 1.29 is 9.90 Å². The zero-order valence-electron chi connectivity index (χ0n) is 7.69. The van der Waals surface area contributed by atoms with E-state index in [4.69, 9.17) is 10.4 Å². The highest BCUT2D eigenvalue weighted by Crippen LogP contribution is 2.12. The number of carboxylic acid groups (broad SMARTS) is 1. The monoisotopic (exact) mass is 190 g/mol. The third-order valence-electron chi connectivity index (χ3n) is 1.88. The maximum absolute atomic E-state index is 10.3. The van der Waals surface area contributed by atoms with Gasteiger partial charge in [0, 0.05) is 0 Å². The van der Waals surface area contributed by atoms with E-state index in [1.54, 1.807) is 31.2 Å². The lowest BCUT2D eigenvalue weighted by Gasteiger charge is -2.11. The molecule has 1 aromatic rings. The molecule has 0 aromatic heterocycles. The summed E-state index contributed by atoms with van der Waals surface area (Å²) in [6.07, 6.45) is -1.05. The molecule has 0 bridgehead atoms. The van der Waals surface area contributed by atoms with E-state index in [0.29, 0.717) is 5.56 Å². The third-order valence-corrected chi connectivity index (χ3v) is 1.88. The largest absolute Gasteiger partial charge is 0.465 e. The molecule has 0 saturated heterocycles. The van der Waals surface area contributed by atoms with Gasteiger partial charge in [-0.15, -0.1) is 0 Å². The predicted molar refractivity (Wildman–Crippen MR) is 50.7 cm³/mol. The van der Waals surface area contributed by atoms with Gasteiger partial charge in [-0.25, -0.2) is 4.79 Å². The first-order valence-corrected chi connectivity index (χ1v) is 4.13. The van der Waals surface area contributed by atoms with E-state index in [9.17, 15) is 4.79 Å². The molecule has 1 amide bonds. The Morgan fingerprint density at radius 3 is 2.50 bits per heavy atom. The van der Waals surface area contributed by atoms with Gasteiger partial charge in [0.1, 0.15) is 0 Å². The molecule has 4 nitrogen and oxygen atoms in total. The van der Waals surface area contributed by atoms with Gasteiger partial charge >= 0.3 is 6.09 Å². The van der Waals surface area contributed by atoms with Crippen molar-refractivity contribution in [2.75, 3.05) is 0 Å². The Morgan fingerprint density at radius 2 is 2.07 bits per heavy atom. The molecular weight excluding hydrogens is 180 g/mol. The van der Waals surface area contributed by atoms with Crippen molar-refractivity contribution in [3.8, 4) is 6.07 Å². The summed E-state index contributed by atoms with van der Waals surface area (Å²) in [5.74, 6) is 0. The summed E-state index contributed by atoms with van der Waals surface area (Å²) < 4.78 is 0. The first-order chi connectivity index (χ1) is 6.63. The average Bonchev–Trinajstić information content (AvgIpc) is 2.17. The fraction of sp³-hybridized carbons (Fsp3) is 0.200. The van der Waals surface area contributed by atoms with E-state index in [-0.39, 0.29) is 6.04 Å². The van der Waals surface area contributed by atoms with E-state index < -0.39 is 6.09 Å². The molecule has 0 fully saturated rings. The molecule has 1 atom stereocenters. The number of amides is 1. The second-order valence-electron chi connectivity index (χ2n) is 2.90. The highest BCUT2D eigenvalue weighted by Gasteiger charge is 2.07. The molecule has 0 heterocycles. The van der Waals surface area contributed by atoms with Crippen LogP contribution >= 0.6 is 0 Å². The quantitative estimate of drug-likeness (QED) is 0.747. The summed E-state index contributed by atoms with van der Waals surface area (Å²) in [4.78, 5) is 10.3. The minimum Gasteiger partial charge on any atom is -0.465 e. The zero-order chi connectivity index (χ0) is 10.6. The molecule has 1 rings (SSSR count). The Hall–Kier alpha value is -2.02. The molecule has 14 heavy (non-hydrogen) atoms. The van der Waals surface area contributed by atoms with Crippen LogP contribution in [-0.4, -0.2) is 11.2 Å². The van der Waals surface area contributed by atoms with Gasteiger partial charge in [0.25, 0.3) is 0 Å². The van der Waals surface area contributed by atoms with Gasteiger partial charge in [0.05, 0.1) is 17.7 Å². The Bertz CT molecular complexity index is 365. The van der Waals surface area contributed by atoms with Crippen molar-refractivity contribution in [1.29, 1.82) is 5.26 Å². The van der Waals surface area contributed by atoms with Gasteiger partial charge in [-0.2, -0.15) is 5.26 Å². The molecule has 0 radical (unpaired) electrons. The van der Waals surface area contributed by atoms with Crippen molar-refractivity contribution in [2.24, 2.45) is 0 Å². The lowest BCUT2D eigenvalue weighted by Crippen LogP contribution is -2.24. The van der Waals surface area contributed by atoms with Crippen LogP contribution in [-0.2, 0) is 0 Å². The van der Waals surface area contributed by atoms with E-state index in [1.807, 2.05) is 6.07 Å². The average molecular weight is 190 g/mol. The number of nitriles is 1. The Balaban J connectivity index is 2.77. The standard InChI is InChI=1S/C10H10N2O2/c1-7(12-10(13)14)9-4-2-8(6-11)3-5-9/h2-5,7,12H,1H3,(H,13,14). The topological polar surface area (TPSA) is 73.1 Å². The van der Waals surface area contributed by atoms with Gasteiger partial charge in [0.15, 0.2) is 0 Å². The maximum Gasteiger partial charge on any atom is 0.405 e. The van der Waals surface area contributed by atoms with E-state index >= 15 is 0 Å². The molecule has 1 aromatic carbocycles. The molecule has 0 aliphatic rings. The number of rotatable bonds is 2. The Morgan fingerprint density at radius 1 is 1.50 bits per heavy atom. The summed E-state index contributed by atoms with van der Waals surface area (Å²) in [6.45, 7) is 1.75. The van der Waals surface area contributed by atoms with Gasteiger partial charge in [-0.1, -0.05) is 12.1 Å². The first-order valence-electron chi connectivity index (χ1n) is 4.13. The minimum absolute atomic E-state index is 0.264. The van der Waals surface area contributed by atoms with Crippen LogP contribution in [0, 0.1) is 11.3 Å². The molecule has 0 aliphatic carbocycles. The van der Waals surface area contributed by atoms with E-state index in [1.165, 1.54) is 0 Å². The number of carbonyl (C=O) groups is 1. The van der Waals surface area contributed by atoms with Crippen LogP contribution in [0.2, 0.25) is 0 Å². The van der Waals surface area contributed by atoms with E-state index in [0.717, 1.165) is 5.56 Å². The fourth-order valence-corrected chi connectivity index (χ4v) is 1.11. The molecule has 1 unspecified atom stereocenters. The van der Waals surface area contributed by atoms with Crippen LogP contribution < -0.4 is 5.32 Å². The lowest BCUT2D eigenvalue weighted by molar-refractivity contribution is 0.191. The Kier molecular flexibility index (Phi) is 3.08. The minimum atomic E-state index is -1.05. The van der Waals surface area contributed by atoms with Gasteiger partial charge in [-0.05, 0) is 24.6 Å². The molecule has 4 heteroatoms. The number of benzene rings is 1. The Labute approximate surface area is 81.8 Å². The smallest absolute Gasteiger partial charge is 0.405 e. The second kappa shape index (κ2) is 4.28. The van der Waals surface area contributed by atoms with Crippen molar-refractivity contribution in [3.63, 3.8) is 0 Å². The summed E-state index contributed by atoms with van der Waals surface area (Å²) >= 11 is 0. The summed E-state index contributed by atoms with van der Waals surface area (Å²) in [5, 5.41) is 19.4. The third kappa shape index (κ3) is 2.49. The van der Waals surface area contributed by atoms with Crippen LogP contribution in [0.4, 0.5) is 4.79 Å². The summed E-state index contributed by atoms with van der Waals surface area (Å²) in [7, 11) is 0.